The molecule has 1 N–H and O–H groups in total. The summed E-state index contributed by atoms with van der Waals surface area (Å²) in [5.41, 5.74) is 0.195. The van der Waals surface area contributed by atoms with Crippen LogP contribution in [0.1, 0.15) is 24.4 Å². The molecule has 2 rings (SSSR count). The summed E-state index contributed by atoms with van der Waals surface area (Å²) >= 11 is 0. The molecule has 2 heterocycles. The first kappa shape index (κ1) is 13.1. The Kier molecular flexibility index (Phi) is 3.79. The summed E-state index contributed by atoms with van der Waals surface area (Å²) in [5, 5.41) is 21.1. The number of nitrogens with one attached hydrogen (secondary N) is 1. The van der Waals surface area contributed by atoms with E-state index in [0.29, 0.717) is 13.1 Å². The summed E-state index contributed by atoms with van der Waals surface area (Å²) in [6.45, 7) is 4.58. The van der Waals surface area contributed by atoms with E-state index in [1.807, 2.05) is 12.1 Å². The van der Waals surface area contributed by atoms with Gasteiger partial charge in [0.1, 0.15) is 18.2 Å². The molecule has 0 aromatic carbocycles. The molecule has 98 valence electrons. The van der Waals surface area contributed by atoms with Crippen molar-refractivity contribution in [2.45, 2.75) is 13.0 Å². The van der Waals surface area contributed by atoms with Crippen LogP contribution >= 0.6 is 0 Å². The Morgan fingerprint density at radius 3 is 2.68 bits per heavy atom. The number of carbonyl (C=O) groups excluding carboxylic acids is 1. The molecule has 1 aromatic rings. The molecular formula is C12H14N6O. The van der Waals surface area contributed by atoms with Gasteiger partial charge in [0.2, 0.25) is 5.91 Å². The normalized spacial score (nSPS) is 16.5. The van der Waals surface area contributed by atoms with Gasteiger partial charge in [0.25, 0.3) is 0 Å². The van der Waals surface area contributed by atoms with E-state index < -0.39 is 6.04 Å². The molecule has 0 radical (unpaired) electrons. The molecule has 1 aromatic heterocycles. The molecule has 1 aliphatic heterocycles. The number of imidazole rings is 1. The van der Waals surface area contributed by atoms with Crippen molar-refractivity contribution in [3.63, 3.8) is 0 Å². The second-order valence-corrected chi connectivity index (χ2v) is 4.32. The molecule has 1 aliphatic rings. The fourth-order valence-corrected chi connectivity index (χ4v) is 2.12. The largest absolute Gasteiger partial charge is 0.338 e. The summed E-state index contributed by atoms with van der Waals surface area (Å²) in [4.78, 5) is 17.9. The monoisotopic (exact) mass is 258 g/mol. The van der Waals surface area contributed by atoms with Gasteiger partial charge < -0.3 is 14.8 Å². The number of nitrogens with zero attached hydrogens (tertiary/aromatic N) is 5. The van der Waals surface area contributed by atoms with Crippen molar-refractivity contribution in [1.82, 2.24) is 19.8 Å². The highest BCUT2D eigenvalue weighted by molar-refractivity contribution is 5.80. The molecular weight excluding hydrogens is 244 g/mol. The highest BCUT2D eigenvalue weighted by atomic mass is 16.2. The first-order valence-corrected chi connectivity index (χ1v) is 6.05. The SMILES string of the molecule is CC(C(=O)N1CCNCC1)n1cnc(C#N)c1C#N. The average molecular weight is 258 g/mol. The number of carbonyl (C=O) groups is 1. The molecule has 1 amide bonds. The lowest BCUT2D eigenvalue weighted by Gasteiger charge is -2.30. The van der Waals surface area contributed by atoms with Crippen LogP contribution in [0.3, 0.4) is 0 Å². The van der Waals surface area contributed by atoms with Crippen molar-refractivity contribution in [2.24, 2.45) is 0 Å². The van der Waals surface area contributed by atoms with Gasteiger partial charge in [-0.2, -0.15) is 10.5 Å². The lowest BCUT2D eigenvalue weighted by Crippen LogP contribution is -2.48. The summed E-state index contributed by atoms with van der Waals surface area (Å²) in [5.74, 6) is -0.0557. The predicted octanol–water partition coefficient (Wildman–Crippen LogP) is -0.381. The highest BCUT2D eigenvalue weighted by Gasteiger charge is 2.25. The molecule has 0 spiro atoms. The van der Waals surface area contributed by atoms with E-state index in [1.165, 1.54) is 10.9 Å². The Balaban J connectivity index is 2.22. The number of piperazine rings is 1. The van der Waals surface area contributed by atoms with Crippen molar-refractivity contribution in [3.8, 4) is 12.1 Å². The minimum absolute atomic E-state index is 0.0557. The number of aromatic nitrogens is 2. The Labute approximate surface area is 111 Å². The summed E-state index contributed by atoms with van der Waals surface area (Å²) in [7, 11) is 0. The van der Waals surface area contributed by atoms with E-state index in [4.69, 9.17) is 10.5 Å². The van der Waals surface area contributed by atoms with Gasteiger partial charge in [-0.3, -0.25) is 4.79 Å². The van der Waals surface area contributed by atoms with Gasteiger partial charge >= 0.3 is 0 Å². The van der Waals surface area contributed by atoms with E-state index in [-0.39, 0.29) is 17.3 Å². The Morgan fingerprint density at radius 2 is 2.11 bits per heavy atom. The molecule has 0 saturated carbocycles. The standard InChI is InChI=1S/C12H14N6O/c1-9(12(19)17-4-2-15-3-5-17)18-8-16-10(6-13)11(18)7-14/h8-9,15H,2-5H2,1H3. The maximum atomic E-state index is 12.3. The zero-order valence-electron chi connectivity index (χ0n) is 10.6. The zero-order chi connectivity index (χ0) is 13.8. The maximum Gasteiger partial charge on any atom is 0.245 e. The Hall–Kier alpha value is -2.38. The number of amides is 1. The van der Waals surface area contributed by atoms with Gasteiger partial charge in [0, 0.05) is 26.2 Å². The smallest absolute Gasteiger partial charge is 0.245 e. The third kappa shape index (κ3) is 2.42. The van der Waals surface area contributed by atoms with Crippen molar-refractivity contribution in [1.29, 1.82) is 10.5 Å². The van der Waals surface area contributed by atoms with Crippen LogP contribution in [-0.4, -0.2) is 46.5 Å². The van der Waals surface area contributed by atoms with Crippen LogP contribution < -0.4 is 5.32 Å². The molecule has 1 atom stereocenters. The van der Waals surface area contributed by atoms with Gasteiger partial charge in [-0.05, 0) is 6.92 Å². The number of hydrogen-bond donors (Lipinski definition) is 1. The van der Waals surface area contributed by atoms with Crippen molar-refractivity contribution < 1.29 is 4.79 Å². The lowest BCUT2D eigenvalue weighted by atomic mass is 10.2. The lowest BCUT2D eigenvalue weighted by molar-refractivity contribution is -0.134. The number of hydrogen-bond acceptors (Lipinski definition) is 5. The van der Waals surface area contributed by atoms with Crippen LogP contribution in [0.2, 0.25) is 0 Å². The van der Waals surface area contributed by atoms with Crippen molar-refractivity contribution in [3.05, 3.63) is 17.7 Å². The first-order valence-electron chi connectivity index (χ1n) is 6.05. The second kappa shape index (κ2) is 5.51. The minimum atomic E-state index is -0.526. The van der Waals surface area contributed by atoms with Crippen LogP contribution in [0.25, 0.3) is 0 Å². The minimum Gasteiger partial charge on any atom is -0.338 e. The molecule has 0 bridgehead atoms. The van der Waals surface area contributed by atoms with Crippen LogP contribution in [0, 0.1) is 22.7 Å². The zero-order valence-corrected chi connectivity index (χ0v) is 10.6. The molecule has 1 fully saturated rings. The summed E-state index contributed by atoms with van der Waals surface area (Å²) in [6.07, 6.45) is 1.38. The van der Waals surface area contributed by atoms with Crippen LogP contribution in [0.15, 0.2) is 6.33 Å². The fraction of sp³-hybridized carbons (Fsp3) is 0.500. The summed E-state index contributed by atoms with van der Waals surface area (Å²) < 4.78 is 1.46. The van der Waals surface area contributed by atoms with Gasteiger partial charge in [0.15, 0.2) is 11.4 Å². The predicted molar refractivity (Wildman–Crippen MR) is 65.8 cm³/mol. The third-order valence-electron chi connectivity index (χ3n) is 3.21. The van der Waals surface area contributed by atoms with Gasteiger partial charge in [0.05, 0.1) is 6.33 Å². The van der Waals surface area contributed by atoms with Crippen molar-refractivity contribution >= 4 is 5.91 Å². The third-order valence-corrected chi connectivity index (χ3v) is 3.21. The topological polar surface area (TPSA) is 97.7 Å². The highest BCUT2D eigenvalue weighted by Crippen LogP contribution is 2.15. The quantitative estimate of drug-likeness (QED) is 0.779. The molecule has 19 heavy (non-hydrogen) atoms. The number of rotatable bonds is 2. The maximum absolute atomic E-state index is 12.3. The van der Waals surface area contributed by atoms with E-state index in [0.717, 1.165) is 13.1 Å². The molecule has 0 aliphatic carbocycles. The average Bonchev–Trinajstić information content (AvgIpc) is 2.89. The van der Waals surface area contributed by atoms with E-state index in [2.05, 4.69) is 10.3 Å². The van der Waals surface area contributed by atoms with Crippen LogP contribution in [0.5, 0.6) is 0 Å². The Bertz CT molecular complexity index is 558. The molecule has 7 nitrogen and oxygen atoms in total. The van der Waals surface area contributed by atoms with Gasteiger partial charge in [-0.1, -0.05) is 0 Å². The van der Waals surface area contributed by atoms with Gasteiger partial charge in [-0.25, -0.2) is 4.98 Å². The van der Waals surface area contributed by atoms with Gasteiger partial charge in [-0.15, -0.1) is 0 Å². The fourth-order valence-electron chi connectivity index (χ4n) is 2.12. The van der Waals surface area contributed by atoms with Crippen LogP contribution in [-0.2, 0) is 4.79 Å². The van der Waals surface area contributed by atoms with E-state index >= 15 is 0 Å². The molecule has 7 heteroatoms. The van der Waals surface area contributed by atoms with E-state index in [1.54, 1.807) is 11.8 Å². The second-order valence-electron chi connectivity index (χ2n) is 4.32. The van der Waals surface area contributed by atoms with Crippen molar-refractivity contribution in [2.75, 3.05) is 26.2 Å². The molecule has 1 saturated heterocycles. The number of nitriles is 2. The first-order chi connectivity index (χ1) is 9.19. The summed E-state index contributed by atoms with van der Waals surface area (Å²) in [6, 6.07) is 3.25. The van der Waals surface area contributed by atoms with Crippen LogP contribution in [0.4, 0.5) is 0 Å². The van der Waals surface area contributed by atoms with E-state index in [9.17, 15) is 4.79 Å². The molecule has 1 unspecified atom stereocenters. The Morgan fingerprint density at radius 1 is 1.42 bits per heavy atom.